The Morgan fingerprint density at radius 2 is 2.04 bits per heavy atom. The lowest BCUT2D eigenvalue weighted by Crippen LogP contribution is -2.39. The second-order valence-electron chi connectivity index (χ2n) is 8.36. The van der Waals surface area contributed by atoms with Gasteiger partial charge in [-0.25, -0.2) is 4.98 Å². The molecule has 0 unspecified atom stereocenters. The summed E-state index contributed by atoms with van der Waals surface area (Å²) in [5.41, 5.74) is 1.11. The molecular weight excluding hydrogens is 378 g/mol. The summed E-state index contributed by atoms with van der Waals surface area (Å²) in [6.07, 6.45) is 1.96. The minimum absolute atomic E-state index is 0.0266. The van der Waals surface area contributed by atoms with Crippen molar-refractivity contribution in [1.82, 2.24) is 14.6 Å². The van der Waals surface area contributed by atoms with Gasteiger partial charge in [-0.05, 0) is 65.9 Å². The molecule has 2 heterocycles. The molecule has 1 fully saturated rings. The highest BCUT2D eigenvalue weighted by molar-refractivity contribution is 7.98. The van der Waals surface area contributed by atoms with Crippen LogP contribution in [-0.4, -0.2) is 55.9 Å². The van der Waals surface area contributed by atoms with Crippen LogP contribution >= 0.6 is 23.3 Å². The number of thiazole rings is 1. The SMILES string of the molecule is CN(C)CCOc1ccc2nc(C3(SNC(C)(C)C)CCOCC3)sc2c1. The number of fused-ring (bicyclic) bond motifs is 1. The van der Waals surface area contributed by atoms with Crippen molar-refractivity contribution < 1.29 is 9.47 Å². The number of rotatable bonds is 7. The Bertz CT molecular complexity index is 749. The first-order valence-corrected chi connectivity index (χ1v) is 11.1. The molecule has 1 aliphatic heterocycles. The standard InChI is InChI=1S/C20H31N3O2S2/c1-19(2,3)22-27-20(8-11-24-12-9-20)18-21-16-7-6-15(14-17(16)26-18)25-13-10-23(4)5/h6-7,14,22H,8-13H2,1-5H3. The van der Waals surface area contributed by atoms with Crippen LogP contribution in [0.3, 0.4) is 0 Å². The summed E-state index contributed by atoms with van der Waals surface area (Å²) in [5.74, 6) is 0.918. The normalized spacial score (nSPS) is 17.6. The zero-order valence-corrected chi connectivity index (χ0v) is 18.6. The van der Waals surface area contributed by atoms with Gasteiger partial charge in [-0.15, -0.1) is 11.3 Å². The van der Waals surface area contributed by atoms with E-state index < -0.39 is 0 Å². The first-order valence-electron chi connectivity index (χ1n) is 9.49. The second kappa shape index (κ2) is 8.66. The summed E-state index contributed by atoms with van der Waals surface area (Å²) >= 11 is 3.61. The topological polar surface area (TPSA) is 46.6 Å². The third-order valence-electron chi connectivity index (χ3n) is 4.41. The summed E-state index contributed by atoms with van der Waals surface area (Å²) in [4.78, 5) is 7.12. The van der Waals surface area contributed by atoms with Gasteiger partial charge >= 0.3 is 0 Å². The largest absolute Gasteiger partial charge is 0.492 e. The van der Waals surface area contributed by atoms with Gasteiger partial charge in [0.15, 0.2) is 0 Å². The molecule has 0 amide bonds. The third-order valence-corrected chi connectivity index (χ3v) is 7.47. The van der Waals surface area contributed by atoms with Crippen LogP contribution in [0.1, 0.15) is 38.6 Å². The Hall–Kier alpha value is -0.860. The van der Waals surface area contributed by atoms with Gasteiger partial charge in [-0.3, -0.25) is 4.72 Å². The number of aromatic nitrogens is 1. The average Bonchev–Trinajstić information content (AvgIpc) is 3.04. The molecule has 1 N–H and O–H groups in total. The molecule has 0 bridgehead atoms. The Labute approximate surface area is 171 Å². The molecule has 7 heteroatoms. The number of hydrogen-bond acceptors (Lipinski definition) is 7. The summed E-state index contributed by atoms with van der Waals surface area (Å²) < 4.78 is 16.3. The molecule has 27 heavy (non-hydrogen) atoms. The van der Waals surface area contributed by atoms with Crippen LogP contribution in [0, 0.1) is 0 Å². The maximum absolute atomic E-state index is 5.90. The Morgan fingerprint density at radius 1 is 1.30 bits per heavy atom. The van der Waals surface area contributed by atoms with E-state index >= 15 is 0 Å². The molecule has 1 aromatic carbocycles. The molecule has 0 aliphatic carbocycles. The molecule has 150 valence electrons. The molecule has 0 saturated carbocycles. The van der Waals surface area contributed by atoms with Crippen LogP contribution in [0.15, 0.2) is 18.2 Å². The molecule has 1 aliphatic rings. The maximum Gasteiger partial charge on any atom is 0.120 e. The van der Waals surface area contributed by atoms with Crippen molar-refractivity contribution in [1.29, 1.82) is 0 Å². The van der Waals surface area contributed by atoms with Crippen LogP contribution in [0.5, 0.6) is 5.75 Å². The molecule has 0 spiro atoms. The fraction of sp³-hybridized carbons (Fsp3) is 0.650. The second-order valence-corrected chi connectivity index (χ2v) is 10.6. The Morgan fingerprint density at radius 3 is 2.70 bits per heavy atom. The highest BCUT2D eigenvalue weighted by Gasteiger charge is 2.39. The predicted octanol–water partition coefficient (Wildman–Crippen LogP) is 4.28. The van der Waals surface area contributed by atoms with Gasteiger partial charge in [0.1, 0.15) is 17.4 Å². The number of nitrogens with one attached hydrogen (secondary N) is 1. The molecular formula is C20H31N3O2S2. The number of likely N-dealkylation sites (N-methyl/N-ethyl adjacent to an activating group) is 1. The lowest BCUT2D eigenvalue weighted by molar-refractivity contribution is 0.0765. The van der Waals surface area contributed by atoms with Crippen LogP contribution in [-0.2, 0) is 9.48 Å². The van der Waals surface area contributed by atoms with Crippen LogP contribution in [0.25, 0.3) is 10.2 Å². The molecule has 0 atom stereocenters. The molecule has 3 rings (SSSR count). The molecule has 2 aromatic rings. The van der Waals surface area contributed by atoms with Crippen molar-refractivity contribution in [3.63, 3.8) is 0 Å². The van der Waals surface area contributed by atoms with E-state index in [0.29, 0.717) is 6.61 Å². The first kappa shape index (κ1) is 20.9. The zero-order chi connectivity index (χ0) is 19.5. The van der Waals surface area contributed by atoms with Crippen molar-refractivity contribution in [2.75, 3.05) is 40.5 Å². The Kier molecular flexibility index (Phi) is 6.69. The van der Waals surface area contributed by atoms with Gasteiger partial charge in [0.2, 0.25) is 0 Å². The number of hydrogen-bond donors (Lipinski definition) is 1. The van der Waals surface area contributed by atoms with E-state index in [9.17, 15) is 0 Å². The van der Waals surface area contributed by atoms with Gasteiger partial charge in [0, 0.05) is 25.3 Å². The van der Waals surface area contributed by atoms with Crippen LogP contribution in [0.2, 0.25) is 0 Å². The van der Waals surface area contributed by atoms with Gasteiger partial charge in [-0.1, -0.05) is 11.9 Å². The van der Waals surface area contributed by atoms with E-state index in [2.05, 4.69) is 56.6 Å². The quantitative estimate of drug-likeness (QED) is 0.689. The van der Waals surface area contributed by atoms with E-state index in [1.165, 1.54) is 9.71 Å². The van der Waals surface area contributed by atoms with Gasteiger partial charge < -0.3 is 14.4 Å². The predicted molar refractivity (Wildman–Crippen MR) is 116 cm³/mol. The number of benzene rings is 1. The monoisotopic (exact) mass is 409 g/mol. The fourth-order valence-corrected chi connectivity index (χ4v) is 5.24. The van der Waals surface area contributed by atoms with E-state index in [4.69, 9.17) is 14.5 Å². The summed E-state index contributed by atoms with van der Waals surface area (Å²) in [7, 11) is 4.11. The smallest absolute Gasteiger partial charge is 0.120 e. The minimum atomic E-state index is -0.0266. The van der Waals surface area contributed by atoms with Crippen LogP contribution < -0.4 is 9.46 Å². The minimum Gasteiger partial charge on any atom is -0.492 e. The molecule has 1 saturated heterocycles. The van der Waals surface area contributed by atoms with Gasteiger partial charge in [0.05, 0.1) is 15.0 Å². The third kappa shape index (κ3) is 5.57. The zero-order valence-electron chi connectivity index (χ0n) is 17.0. The summed E-state index contributed by atoms with van der Waals surface area (Å²) in [6.45, 7) is 9.76. The highest BCUT2D eigenvalue weighted by Crippen LogP contribution is 2.47. The highest BCUT2D eigenvalue weighted by atomic mass is 32.2. The lowest BCUT2D eigenvalue weighted by Gasteiger charge is -2.37. The van der Waals surface area contributed by atoms with E-state index in [1.54, 1.807) is 11.3 Å². The molecule has 1 aromatic heterocycles. The van der Waals surface area contributed by atoms with E-state index in [1.807, 2.05) is 18.0 Å². The van der Waals surface area contributed by atoms with Gasteiger partial charge in [-0.2, -0.15) is 0 Å². The summed E-state index contributed by atoms with van der Waals surface area (Å²) in [6, 6.07) is 6.23. The van der Waals surface area contributed by atoms with Crippen LogP contribution in [0.4, 0.5) is 0 Å². The lowest BCUT2D eigenvalue weighted by atomic mass is 10.00. The first-order chi connectivity index (χ1) is 12.8. The van der Waals surface area contributed by atoms with E-state index in [0.717, 1.165) is 43.9 Å². The van der Waals surface area contributed by atoms with Crippen molar-refractivity contribution in [2.45, 2.75) is 43.9 Å². The summed E-state index contributed by atoms with van der Waals surface area (Å²) in [5, 5.41) is 1.19. The van der Waals surface area contributed by atoms with E-state index in [-0.39, 0.29) is 10.3 Å². The van der Waals surface area contributed by atoms with Crippen molar-refractivity contribution in [3.8, 4) is 5.75 Å². The van der Waals surface area contributed by atoms with Crippen molar-refractivity contribution >= 4 is 33.5 Å². The number of nitrogens with zero attached hydrogens (tertiary/aromatic N) is 2. The average molecular weight is 410 g/mol. The van der Waals surface area contributed by atoms with Gasteiger partial charge in [0.25, 0.3) is 0 Å². The fourth-order valence-electron chi connectivity index (χ4n) is 2.85. The maximum atomic E-state index is 5.90. The van der Waals surface area contributed by atoms with Crippen molar-refractivity contribution in [3.05, 3.63) is 23.2 Å². The number of ether oxygens (including phenoxy) is 2. The molecule has 5 nitrogen and oxygen atoms in total. The molecule has 0 radical (unpaired) electrons. The Balaban J connectivity index is 1.82. The van der Waals surface area contributed by atoms with Crippen molar-refractivity contribution in [2.24, 2.45) is 0 Å².